The van der Waals surface area contributed by atoms with Gasteiger partial charge in [-0.05, 0) is 56.4 Å². The number of carbonyl (C=O) groups is 2. The van der Waals surface area contributed by atoms with Gasteiger partial charge >= 0.3 is 0 Å². The Morgan fingerprint density at radius 3 is 2.54 bits per heavy atom. The van der Waals surface area contributed by atoms with Crippen molar-refractivity contribution in [3.05, 3.63) is 35.6 Å². The lowest BCUT2D eigenvalue weighted by atomic mass is 9.97. The Balaban J connectivity index is 1.41. The molecular formula is C19H25FN2O4. The first kappa shape index (κ1) is 18.8. The van der Waals surface area contributed by atoms with E-state index in [4.69, 9.17) is 4.74 Å². The van der Waals surface area contributed by atoms with Gasteiger partial charge in [0.15, 0.2) is 0 Å². The van der Waals surface area contributed by atoms with Gasteiger partial charge in [-0.25, -0.2) is 4.39 Å². The first-order valence-electron chi connectivity index (χ1n) is 9.17. The summed E-state index contributed by atoms with van der Waals surface area (Å²) in [6, 6.07) is 5.23. The molecule has 1 saturated heterocycles. The van der Waals surface area contributed by atoms with Crippen molar-refractivity contribution in [2.24, 2.45) is 5.92 Å². The molecule has 3 N–H and O–H groups in total. The van der Waals surface area contributed by atoms with Crippen LogP contribution in [0.15, 0.2) is 24.3 Å². The SMILES string of the molecule is O=C(NCC[C@H]1CC[C@@H](NC(=O)C2CC2)[C@@H](CO)O1)c1ccc(F)cc1. The van der Waals surface area contributed by atoms with Crippen molar-refractivity contribution >= 4 is 11.8 Å². The topological polar surface area (TPSA) is 87.7 Å². The molecule has 0 unspecified atom stereocenters. The number of ether oxygens (including phenoxy) is 1. The summed E-state index contributed by atoms with van der Waals surface area (Å²) in [4.78, 5) is 23.9. The number of aliphatic hydroxyl groups is 1. The van der Waals surface area contributed by atoms with Gasteiger partial charge in [-0.15, -0.1) is 0 Å². The smallest absolute Gasteiger partial charge is 0.251 e. The number of carbonyl (C=O) groups excluding carboxylic acids is 2. The molecule has 142 valence electrons. The van der Waals surface area contributed by atoms with Crippen LogP contribution in [0.4, 0.5) is 4.39 Å². The van der Waals surface area contributed by atoms with E-state index in [0.29, 0.717) is 18.5 Å². The van der Waals surface area contributed by atoms with Gasteiger partial charge in [-0.2, -0.15) is 0 Å². The highest BCUT2D eigenvalue weighted by Crippen LogP contribution is 2.30. The zero-order chi connectivity index (χ0) is 18.5. The van der Waals surface area contributed by atoms with Gasteiger partial charge in [0.2, 0.25) is 5.91 Å². The predicted molar refractivity (Wildman–Crippen MR) is 93.0 cm³/mol. The second-order valence-corrected chi connectivity index (χ2v) is 7.00. The number of hydrogen-bond donors (Lipinski definition) is 3. The lowest BCUT2D eigenvalue weighted by Gasteiger charge is -2.36. The number of halogens is 1. The third-order valence-electron chi connectivity index (χ3n) is 4.93. The predicted octanol–water partition coefficient (Wildman–Crippen LogP) is 1.38. The number of rotatable bonds is 7. The van der Waals surface area contributed by atoms with E-state index in [2.05, 4.69) is 10.6 Å². The zero-order valence-electron chi connectivity index (χ0n) is 14.6. The number of aliphatic hydroxyl groups excluding tert-OH is 1. The number of hydrogen-bond acceptors (Lipinski definition) is 4. The van der Waals surface area contributed by atoms with Crippen LogP contribution in [0.5, 0.6) is 0 Å². The van der Waals surface area contributed by atoms with Crippen molar-refractivity contribution in [3.63, 3.8) is 0 Å². The fourth-order valence-corrected chi connectivity index (χ4v) is 3.21. The van der Waals surface area contributed by atoms with Crippen molar-refractivity contribution in [2.75, 3.05) is 13.2 Å². The highest BCUT2D eigenvalue weighted by atomic mass is 19.1. The van der Waals surface area contributed by atoms with E-state index in [9.17, 15) is 19.1 Å². The molecule has 1 heterocycles. The van der Waals surface area contributed by atoms with Crippen LogP contribution in [0.25, 0.3) is 0 Å². The van der Waals surface area contributed by atoms with E-state index in [0.717, 1.165) is 25.7 Å². The standard InChI is InChI=1S/C19H25FN2O4/c20-14-5-3-12(4-6-14)18(24)21-10-9-15-7-8-16(17(11-23)26-15)22-19(25)13-1-2-13/h3-6,13,15-17,23H,1-2,7-11H2,(H,21,24)(H,22,25)/t15-,16-,17-/m1/s1. The van der Waals surface area contributed by atoms with Crippen molar-refractivity contribution < 1.29 is 23.8 Å². The van der Waals surface area contributed by atoms with Crippen LogP contribution in [0, 0.1) is 11.7 Å². The second kappa shape index (κ2) is 8.60. The Kier molecular flexibility index (Phi) is 6.21. The summed E-state index contributed by atoms with van der Waals surface area (Å²) in [6.45, 7) is 0.284. The summed E-state index contributed by atoms with van der Waals surface area (Å²) >= 11 is 0. The Morgan fingerprint density at radius 2 is 1.88 bits per heavy atom. The molecule has 1 aliphatic carbocycles. The number of benzene rings is 1. The Labute approximate surface area is 152 Å². The van der Waals surface area contributed by atoms with Crippen LogP contribution in [-0.4, -0.2) is 48.3 Å². The minimum atomic E-state index is -0.413. The maximum absolute atomic E-state index is 12.9. The molecule has 0 aromatic heterocycles. The zero-order valence-corrected chi connectivity index (χ0v) is 14.6. The maximum Gasteiger partial charge on any atom is 0.251 e. The molecule has 0 bridgehead atoms. The van der Waals surface area contributed by atoms with E-state index >= 15 is 0 Å². The molecule has 3 rings (SSSR count). The summed E-state index contributed by atoms with van der Waals surface area (Å²) in [5.74, 6) is -0.444. The first-order valence-corrected chi connectivity index (χ1v) is 9.17. The molecule has 6 nitrogen and oxygen atoms in total. The van der Waals surface area contributed by atoms with Crippen molar-refractivity contribution in [1.29, 1.82) is 0 Å². The molecule has 1 aromatic rings. The second-order valence-electron chi connectivity index (χ2n) is 7.00. The lowest BCUT2D eigenvalue weighted by molar-refractivity contribution is -0.129. The average molecular weight is 364 g/mol. The monoisotopic (exact) mass is 364 g/mol. The Morgan fingerprint density at radius 1 is 1.15 bits per heavy atom. The molecule has 0 radical (unpaired) electrons. The van der Waals surface area contributed by atoms with Gasteiger partial charge in [0.05, 0.1) is 18.8 Å². The van der Waals surface area contributed by atoms with Gasteiger partial charge < -0.3 is 20.5 Å². The minimum Gasteiger partial charge on any atom is -0.394 e. The van der Waals surface area contributed by atoms with Crippen LogP contribution in [-0.2, 0) is 9.53 Å². The van der Waals surface area contributed by atoms with Gasteiger partial charge in [0.25, 0.3) is 5.91 Å². The molecule has 2 fully saturated rings. The van der Waals surface area contributed by atoms with Crippen LogP contribution in [0.3, 0.4) is 0 Å². The summed E-state index contributed by atoms with van der Waals surface area (Å²) in [6.07, 6.45) is 3.53. The molecular weight excluding hydrogens is 339 g/mol. The number of nitrogens with one attached hydrogen (secondary N) is 2. The molecule has 1 aliphatic heterocycles. The fourth-order valence-electron chi connectivity index (χ4n) is 3.21. The van der Waals surface area contributed by atoms with E-state index in [-0.39, 0.29) is 42.3 Å². The Bertz CT molecular complexity index is 633. The molecule has 7 heteroatoms. The van der Waals surface area contributed by atoms with Crippen LogP contribution in [0.2, 0.25) is 0 Å². The minimum absolute atomic E-state index is 0.0575. The third-order valence-corrected chi connectivity index (χ3v) is 4.93. The van der Waals surface area contributed by atoms with Crippen LogP contribution in [0.1, 0.15) is 42.5 Å². The first-order chi connectivity index (χ1) is 12.6. The third kappa shape index (κ3) is 5.02. The molecule has 3 atom stereocenters. The molecule has 1 saturated carbocycles. The van der Waals surface area contributed by atoms with Crippen molar-refractivity contribution in [2.45, 2.75) is 50.4 Å². The van der Waals surface area contributed by atoms with Gasteiger partial charge in [-0.3, -0.25) is 9.59 Å². The van der Waals surface area contributed by atoms with Gasteiger partial charge in [-0.1, -0.05) is 0 Å². The van der Waals surface area contributed by atoms with Crippen molar-refractivity contribution in [3.8, 4) is 0 Å². The summed E-state index contributed by atoms with van der Waals surface area (Å²) in [5, 5.41) is 15.3. The number of amides is 2. The summed E-state index contributed by atoms with van der Waals surface area (Å²) in [7, 11) is 0. The highest BCUT2D eigenvalue weighted by molar-refractivity contribution is 5.94. The molecule has 2 aliphatic rings. The normalized spacial score (nSPS) is 25.5. The lowest BCUT2D eigenvalue weighted by Crippen LogP contribution is -2.51. The van der Waals surface area contributed by atoms with E-state index in [1.54, 1.807) is 0 Å². The highest BCUT2D eigenvalue weighted by Gasteiger charge is 2.36. The maximum atomic E-state index is 12.9. The largest absolute Gasteiger partial charge is 0.394 e. The average Bonchev–Trinajstić information content (AvgIpc) is 3.48. The van der Waals surface area contributed by atoms with Gasteiger partial charge in [0, 0.05) is 18.0 Å². The van der Waals surface area contributed by atoms with Crippen LogP contribution < -0.4 is 10.6 Å². The molecule has 26 heavy (non-hydrogen) atoms. The molecule has 2 amide bonds. The molecule has 1 aromatic carbocycles. The van der Waals surface area contributed by atoms with Gasteiger partial charge in [0.1, 0.15) is 11.9 Å². The quantitative estimate of drug-likeness (QED) is 0.682. The van der Waals surface area contributed by atoms with E-state index in [1.807, 2.05) is 0 Å². The van der Waals surface area contributed by atoms with Crippen LogP contribution >= 0.6 is 0 Å². The Hall–Kier alpha value is -1.99. The summed E-state index contributed by atoms with van der Waals surface area (Å²) < 4.78 is 18.8. The fraction of sp³-hybridized carbons (Fsp3) is 0.579. The van der Waals surface area contributed by atoms with E-state index < -0.39 is 6.10 Å². The molecule has 0 spiro atoms. The van der Waals surface area contributed by atoms with E-state index in [1.165, 1.54) is 24.3 Å². The van der Waals surface area contributed by atoms with Crippen molar-refractivity contribution in [1.82, 2.24) is 10.6 Å². The summed E-state index contributed by atoms with van der Waals surface area (Å²) in [5.41, 5.74) is 0.409.